The lowest BCUT2D eigenvalue weighted by atomic mass is 10.0. The molecule has 0 unspecified atom stereocenters. The van der Waals surface area contributed by atoms with Crippen molar-refractivity contribution in [1.82, 2.24) is 5.32 Å². The molecule has 0 aliphatic carbocycles. The number of carbonyl (C=O) groups excluding carboxylic acids is 1. The maximum Gasteiger partial charge on any atom is 0.250 e. The van der Waals surface area contributed by atoms with E-state index in [1.807, 2.05) is 13.0 Å². The Morgan fingerprint density at radius 2 is 2.17 bits per heavy atom. The summed E-state index contributed by atoms with van der Waals surface area (Å²) in [5.41, 5.74) is 3.64. The lowest BCUT2D eigenvalue weighted by Gasteiger charge is -2.21. The van der Waals surface area contributed by atoms with Crippen LogP contribution in [0.15, 0.2) is 30.4 Å². The van der Waals surface area contributed by atoms with E-state index >= 15 is 0 Å². The third kappa shape index (κ3) is 3.12. The van der Waals surface area contributed by atoms with Gasteiger partial charge in [-0.15, -0.1) is 12.4 Å². The Hall–Kier alpha value is -1.32. The monoisotopic (exact) mass is 266 g/mol. The zero-order valence-corrected chi connectivity index (χ0v) is 11.6. The second kappa shape index (κ2) is 6.57. The van der Waals surface area contributed by atoms with Gasteiger partial charge in [0.25, 0.3) is 0 Å². The van der Waals surface area contributed by atoms with Crippen LogP contribution >= 0.6 is 12.4 Å². The zero-order valence-electron chi connectivity index (χ0n) is 10.8. The Morgan fingerprint density at radius 1 is 1.39 bits per heavy atom. The molecule has 1 amide bonds. The van der Waals surface area contributed by atoms with Gasteiger partial charge in [0.15, 0.2) is 0 Å². The van der Waals surface area contributed by atoms with Crippen LogP contribution in [0.5, 0.6) is 0 Å². The highest BCUT2D eigenvalue weighted by Gasteiger charge is 2.12. The van der Waals surface area contributed by atoms with Gasteiger partial charge in [0.1, 0.15) is 0 Å². The highest BCUT2D eigenvalue weighted by Crippen LogP contribution is 2.21. The van der Waals surface area contributed by atoms with E-state index in [9.17, 15) is 4.79 Å². The summed E-state index contributed by atoms with van der Waals surface area (Å²) >= 11 is 0. The number of amides is 1. The number of hydrogen-bond acceptors (Lipinski definition) is 2. The van der Waals surface area contributed by atoms with Crippen LogP contribution in [0.3, 0.4) is 0 Å². The molecule has 0 aromatic heterocycles. The van der Waals surface area contributed by atoms with Gasteiger partial charge in [-0.3, -0.25) is 4.79 Å². The molecule has 1 aromatic rings. The summed E-state index contributed by atoms with van der Waals surface area (Å²) in [5, 5.41) is 3.34. The van der Waals surface area contributed by atoms with Crippen LogP contribution in [0, 0.1) is 0 Å². The van der Waals surface area contributed by atoms with Gasteiger partial charge in [0, 0.05) is 19.3 Å². The summed E-state index contributed by atoms with van der Waals surface area (Å²) in [7, 11) is 1.81. The van der Waals surface area contributed by atoms with E-state index in [0.717, 1.165) is 25.2 Å². The fraction of sp³-hybridized carbons (Fsp3) is 0.357. The van der Waals surface area contributed by atoms with Crippen molar-refractivity contribution >= 4 is 24.0 Å². The molecule has 1 aliphatic rings. The number of halogens is 1. The minimum Gasteiger partial charge on any atom is -0.312 e. The quantitative estimate of drug-likeness (QED) is 0.833. The van der Waals surface area contributed by atoms with Crippen LogP contribution in [0.25, 0.3) is 0 Å². The predicted molar refractivity (Wildman–Crippen MR) is 77.3 cm³/mol. The molecule has 98 valence electrons. The van der Waals surface area contributed by atoms with Crippen molar-refractivity contribution in [2.45, 2.75) is 19.9 Å². The van der Waals surface area contributed by atoms with E-state index < -0.39 is 0 Å². The van der Waals surface area contributed by atoms with Crippen molar-refractivity contribution in [1.29, 1.82) is 0 Å². The van der Waals surface area contributed by atoms with Gasteiger partial charge in [-0.05, 0) is 49.2 Å². The summed E-state index contributed by atoms with van der Waals surface area (Å²) in [5.74, 6) is 0.0104. The minimum absolute atomic E-state index is 0. The van der Waals surface area contributed by atoms with Gasteiger partial charge in [0.2, 0.25) is 5.91 Å². The van der Waals surface area contributed by atoms with E-state index in [1.54, 1.807) is 24.1 Å². The Morgan fingerprint density at radius 3 is 2.89 bits per heavy atom. The highest BCUT2D eigenvalue weighted by molar-refractivity contribution is 6.00. The molecule has 3 nitrogen and oxygen atoms in total. The molecular weight excluding hydrogens is 248 g/mol. The smallest absolute Gasteiger partial charge is 0.250 e. The van der Waals surface area contributed by atoms with Crippen molar-refractivity contribution in [3.63, 3.8) is 0 Å². The first-order valence-corrected chi connectivity index (χ1v) is 5.95. The molecule has 0 radical (unpaired) electrons. The number of rotatable bonds is 2. The summed E-state index contributed by atoms with van der Waals surface area (Å²) in [6, 6.07) is 6.25. The summed E-state index contributed by atoms with van der Waals surface area (Å²) < 4.78 is 0. The zero-order chi connectivity index (χ0) is 12.3. The third-order valence-electron chi connectivity index (χ3n) is 3.10. The summed E-state index contributed by atoms with van der Waals surface area (Å²) in [6.07, 6.45) is 4.42. The largest absolute Gasteiger partial charge is 0.312 e. The molecule has 2 rings (SSSR count). The standard InChI is InChI=1S/C14H18N2O.ClH/c1-3-4-14(17)16(2)13-6-5-11-7-8-15-10-12(11)9-13;/h3-6,9,15H,7-8,10H2,1-2H3;1H/b4-3+;. The first-order valence-electron chi connectivity index (χ1n) is 5.95. The van der Waals surface area contributed by atoms with E-state index in [0.29, 0.717) is 0 Å². The Kier molecular flexibility index (Phi) is 5.38. The van der Waals surface area contributed by atoms with Crippen LogP contribution in [-0.4, -0.2) is 19.5 Å². The SMILES string of the molecule is C/C=C/C(=O)N(C)c1ccc2c(c1)CNCC2.Cl. The van der Waals surface area contributed by atoms with E-state index in [1.165, 1.54) is 11.1 Å². The average molecular weight is 267 g/mol. The van der Waals surface area contributed by atoms with Crippen LogP contribution in [-0.2, 0) is 17.8 Å². The first-order chi connectivity index (χ1) is 8.22. The minimum atomic E-state index is 0. The molecule has 18 heavy (non-hydrogen) atoms. The number of nitrogens with one attached hydrogen (secondary N) is 1. The Labute approximate surface area is 114 Å². The van der Waals surface area contributed by atoms with Crippen LogP contribution in [0.2, 0.25) is 0 Å². The molecule has 0 atom stereocenters. The number of allylic oxidation sites excluding steroid dienone is 1. The fourth-order valence-corrected chi connectivity index (χ4v) is 2.06. The molecule has 0 saturated heterocycles. The lowest BCUT2D eigenvalue weighted by Crippen LogP contribution is -2.26. The maximum atomic E-state index is 11.7. The number of hydrogen-bond donors (Lipinski definition) is 1. The predicted octanol–water partition coefficient (Wildman–Crippen LogP) is 2.29. The maximum absolute atomic E-state index is 11.7. The second-order valence-corrected chi connectivity index (χ2v) is 4.28. The fourth-order valence-electron chi connectivity index (χ4n) is 2.06. The number of likely N-dealkylation sites (N-methyl/N-ethyl adjacent to an activating group) is 1. The van der Waals surface area contributed by atoms with Crippen molar-refractivity contribution in [3.8, 4) is 0 Å². The second-order valence-electron chi connectivity index (χ2n) is 4.28. The van der Waals surface area contributed by atoms with Gasteiger partial charge >= 0.3 is 0 Å². The molecule has 1 aliphatic heterocycles. The number of carbonyl (C=O) groups is 1. The van der Waals surface area contributed by atoms with Crippen molar-refractivity contribution < 1.29 is 4.79 Å². The molecule has 0 spiro atoms. The van der Waals surface area contributed by atoms with Crippen LogP contribution < -0.4 is 10.2 Å². The number of anilines is 1. The normalized spacial score (nSPS) is 13.9. The Bertz CT molecular complexity index is 457. The number of benzene rings is 1. The molecule has 1 N–H and O–H groups in total. The summed E-state index contributed by atoms with van der Waals surface area (Å²) in [4.78, 5) is 13.4. The molecule has 0 saturated carbocycles. The molecule has 1 heterocycles. The van der Waals surface area contributed by atoms with Gasteiger partial charge < -0.3 is 10.2 Å². The van der Waals surface area contributed by atoms with Gasteiger partial charge in [-0.2, -0.15) is 0 Å². The molecule has 0 bridgehead atoms. The van der Waals surface area contributed by atoms with Crippen LogP contribution in [0.4, 0.5) is 5.69 Å². The molecule has 0 fully saturated rings. The van der Waals surface area contributed by atoms with Crippen molar-refractivity contribution in [2.24, 2.45) is 0 Å². The van der Waals surface area contributed by atoms with E-state index in [2.05, 4.69) is 17.4 Å². The van der Waals surface area contributed by atoms with Crippen molar-refractivity contribution in [2.75, 3.05) is 18.5 Å². The van der Waals surface area contributed by atoms with E-state index in [4.69, 9.17) is 0 Å². The van der Waals surface area contributed by atoms with Gasteiger partial charge in [-0.25, -0.2) is 0 Å². The molecule has 1 aromatic carbocycles. The summed E-state index contributed by atoms with van der Waals surface area (Å²) in [6.45, 7) is 3.79. The number of nitrogens with zero attached hydrogens (tertiary/aromatic N) is 1. The lowest BCUT2D eigenvalue weighted by molar-refractivity contribution is -0.113. The van der Waals surface area contributed by atoms with Gasteiger partial charge in [-0.1, -0.05) is 12.1 Å². The first kappa shape index (κ1) is 14.7. The van der Waals surface area contributed by atoms with E-state index in [-0.39, 0.29) is 18.3 Å². The van der Waals surface area contributed by atoms with Gasteiger partial charge in [0.05, 0.1) is 0 Å². The average Bonchev–Trinajstić information content (AvgIpc) is 2.37. The highest BCUT2D eigenvalue weighted by atomic mass is 35.5. The van der Waals surface area contributed by atoms with Crippen LogP contribution in [0.1, 0.15) is 18.1 Å². The Balaban J connectivity index is 0.00000162. The molecule has 4 heteroatoms. The third-order valence-corrected chi connectivity index (χ3v) is 3.10. The van der Waals surface area contributed by atoms with Crippen molar-refractivity contribution in [3.05, 3.63) is 41.5 Å². The number of fused-ring (bicyclic) bond motifs is 1. The molecular formula is C14H19ClN2O. The topological polar surface area (TPSA) is 32.3 Å².